The van der Waals surface area contributed by atoms with E-state index in [4.69, 9.17) is 0 Å². The Bertz CT molecular complexity index is 675. The van der Waals surface area contributed by atoms with Gasteiger partial charge in [-0.15, -0.1) is 5.10 Å². The maximum atomic E-state index is 11.3. The van der Waals surface area contributed by atoms with Crippen LogP contribution in [0.25, 0.3) is 6.08 Å². The quantitative estimate of drug-likeness (QED) is 0.653. The van der Waals surface area contributed by atoms with E-state index in [1.807, 2.05) is 31.2 Å². The summed E-state index contributed by atoms with van der Waals surface area (Å²) in [4.78, 5) is 15.6. The lowest BCUT2D eigenvalue weighted by Gasteiger charge is -2.07. The van der Waals surface area contributed by atoms with Crippen LogP contribution in [-0.2, 0) is 11.2 Å². The second kappa shape index (κ2) is 7.26. The van der Waals surface area contributed by atoms with E-state index in [-0.39, 0.29) is 4.91 Å². The number of carboxylic acids is 1. The van der Waals surface area contributed by atoms with Crippen molar-refractivity contribution in [2.75, 3.05) is 0 Å². The molecule has 2 rings (SSSR count). The highest BCUT2D eigenvalue weighted by Gasteiger charge is 2.08. The largest absolute Gasteiger partial charge is 0.544 e. The summed E-state index contributed by atoms with van der Waals surface area (Å²) in [6.45, 7) is 6.17. The van der Waals surface area contributed by atoms with Gasteiger partial charge in [0.05, 0.1) is 5.97 Å². The van der Waals surface area contributed by atoms with Crippen LogP contribution in [0.2, 0.25) is 0 Å². The third kappa shape index (κ3) is 4.21. The maximum absolute atomic E-state index is 11.3. The van der Waals surface area contributed by atoms with Crippen molar-refractivity contribution in [2.24, 2.45) is 0 Å². The van der Waals surface area contributed by atoms with Crippen LogP contribution in [0.1, 0.15) is 43.6 Å². The summed E-state index contributed by atoms with van der Waals surface area (Å²) in [6, 6.07) is 7.79. The second-order valence-electron chi connectivity index (χ2n) is 5.14. The van der Waals surface area contributed by atoms with Crippen LogP contribution in [0.4, 0.5) is 0 Å². The Morgan fingerprint density at radius 3 is 2.55 bits per heavy atom. The van der Waals surface area contributed by atoms with Gasteiger partial charge in [-0.25, -0.2) is 4.98 Å². The second-order valence-corrected chi connectivity index (χ2v) is 6.15. The van der Waals surface area contributed by atoms with Crippen molar-refractivity contribution in [3.8, 4) is 0 Å². The molecule has 0 saturated carbocycles. The number of aryl methyl sites for hydroxylation is 1. The molecule has 5 nitrogen and oxygen atoms in total. The van der Waals surface area contributed by atoms with E-state index in [9.17, 15) is 9.90 Å². The van der Waals surface area contributed by atoms with Gasteiger partial charge in [0, 0.05) is 11.3 Å². The standard InChI is InChI=1S/C16H19N3O2S/c1-4-14-17-16(19-18-14)22-13(15(20)21)9-11-5-7-12(8-6-11)10(2)3/h5-10H,4H2,1-3H3,(H,20,21)(H,17,18,19)/p-1/b13-9+. The first kappa shape index (κ1) is 16.3. The Balaban J connectivity index is 2.21. The molecule has 1 N–H and O–H groups in total. The number of H-pyrrole nitrogens is 1. The summed E-state index contributed by atoms with van der Waals surface area (Å²) in [5, 5.41) is 18.4. The molecule has 0 aliphatic heterocycles. The Labute approximate surface area is 133 Å². The zero-order chi connectivity index (χ0) is 16.1. The van der Waals surface area contributed by atoms with Crippen LogP contribution < -0.4 is 5.11 Å². The number of hydrogen-bond acceptors (Lipinski definition) is 5. The van der Waals surface area contributed by atoms with E-state index in [2.05, 4.69) is 29.0 Å². The van der Waals surface area contributed by atoms with E-state index >= 15 is 0 Å². The number of nitrogens with zero attached hydrogens (tertiary/aromatic N) is 2. The fourth-order valence-electron chi connectivity index (χ4n) is 1.84. The fourth-order valence-corrected chi connectivity index (χ4v) is 2.56. The Hall–Kier alpha value is -2.08. The number of thioether (sulfide) groups is 1. The first-order valence-electron chi connectivity index (χ1n) is 7.11. The normalized spacial score (nSPS) is 11.9. The number of aromatic nitrogens is 3. The van der Waals surface area contributed by atoms with Gasteiger partial charge >= 0.3 is 0 Å². The average Bonchev–Trinajstić information content (AvgIpc) is 2.94. The van der Waals surface area contributed by atoms with Crippen molar-refractivity contribution in [2.45, 2.75) is 38.3 Å². The zero-order valence-corrected chi connectivity index (χ0v) is 13.6. The van der Waals surface area contributed by atoms with Gasteiger partial charge in [-0.05, 0) is 34.9 Å². The van der Waals surface area contributed by atoms with Crippen LogP contribution in [0.15, 0.2) is 34.3 Å². The first-order chi connectivity index (χ1) is 10.5. The third-order valence-corrected chi connectivity index (χ3v) is 4.02. The van der Waals surface area contributed by atoms with Gasteiger partial charge in [0.15, 0.2) is 0 Å². The number of carbonyl (C=O) groups is 1. The lowest BCUT2D eigenvalue weighted by atomic mass is 10.0. The molecule has 0 radical (unpaired) electrons. The minimum Gasteiger partial charge on any atom is -0.544 e. The van der Waals surface area contributed by atoms with Gasteiger partial charge in [0.1, 0.15) is 5.82 Å². The van der Waals surface area contributed by atoms with Gasteiger partial charge in [-0.2, -0.15) is 0 Å². The monoisotopic (exact) mass is 316 g/mol. The predicted molar refractivity (Wildman–Crippen MR) is 85.1 cm³/mol. The van der Waals surface area contributed by atoms with Crippen LogP contribution in [0, 0.1) is 0 Å². The summed E-state index contributed by atoms with van der Waals surface area (Å²) < 4.78 is 0. The van der Waals surface area contributed by atoms with Gasteiger partial charge in [0.2, 0.25) is 5.16 Å². The minimum absolute atomic E-state index is 0.0824. The first-order valence-corrected chi connectivity index (χ1v) is 7.93. The van der Waals surface area contributed by atoms with E-state index in [1.165, 1.54) is 5.56 Å². The number of rotatable bonds is 6. The molecule has 6 heteroatoms. The minimum atomic E-state index is -1.24. The van der Waals surface area contributed by atoms with Crippen molar-refractivity contribution in [1.29, 1.82) is 0 Å². The SMILES string of the molecule is CCc1nc(S/C(=C/c2ccc(C(C)C)cc2)C(=O)[O-])n[nH]1. The highest BCUT2D eigenvalue weighted by atomic mass is 32.2. The number of hydrogen-bond donors (Lipinski definition) is 1. The smallest absolute Gasteiger partial charge is 0.213 e. The maximum Gasteiger partial charge on any atom is 0.213 e. The van der Waals surface area contributed by atoms with Crippen molar-refractivity contribution in [1.82, 2.24) is 15.2 Å². The van der Waals surface area contributed by atoms with Gasteiger partial charge in [0.25, 0.3) is 0 Å². The molecule has 0 spiro atoms. The van der Waals surface area contributed by atoms with E-state index in [0.717, 1.165) is 23.1 Å². The molecular weight excluding hydrogens is 298 g/mol. The van der Waals surface area contributed by atoms with Crippen molar-refractivity contribution < 1.29 is 9.90 Å². The molecule has 0 fully saturated rings. The van der Waals surface area contributed by atoms with Gasteiger partial charge < -0.3 is 9.90 Å². The van der Waals surface area contributed by atoms with Crippen molar-refractivity contribution in [3.05, 3.63) is 46.1 Å². The van der Waals surface area contributed by atoms with Crippen LogP contribution in [-0.4, -0.2) is 21.2 Å². The molecular formula is C16H18N3O2S-. The summed E-state index contributed by atoms with van der Waals surface area (Å²) in [6.07, 6.45) is 2.29. The summed E-state index contributed by atoms with van der Waals surface area (Å²) in [7, 11) is 0. The number of carbonyl (C=O) groups excluding carboxylic acids is 1. The van der Waals surface area contributed by atoms with Gasteiger partial charge in [-0.1, -0.05) is 45.0 Å². The molecule has 1 aromatic carbocycles. The van der Waals surface area contributed by atoms with E-state index in [0.29, 0.717) is 17.5 Å². The van der Waals surface area contributed by atoms with E-state index < -0.39 is 5.97 Å². The summed E-state index contributed by atoms with van der Waals surface area (Å²) in [5.74, 6) is -0.0731. The summed E-state index contributed by atoms with van der Waals surface area (Å²) >= 11 is 0.984. The molecule has 0 atom stereocenters. The molecule has 0 bridgehead atoms. The topological polar surface area (TPSA) is 81.7 Å². The van der Waals surface area contributed by atoms with Gasteiger partial charge in [-0.3, -0.25) is 5.10 Å². The number of carboxylic acid groups (broad SMARTS) is 1. The zero-order valence-electron chi connectivity index (χ0n) is 12.8. The highest BCUT2D eigenvalue weighted by Crippen LogP contribution is 2.25. The Morgan fingerprint density at radius 1 is 1.36 bits per heavy atom. The molecule has 2 aromatic rings. The number of benzene rings is 1. The molecule has 0 aliphatic carbocycles. The number of nitrogens with one attached hydrogen (secondary N) is 1. The predicted octanol–water partition coefficient (Wildman–Crippen LogP) is 2.37. The molecule has 1 heterocycles. The molecule has 22 heavy (non-hydrogen) atoms. The Kier molecular flexibility index (Phi) is 5.38. The van der Waals surface area contributed by atoms with Crippen molar-refractivity contribution in [3.63, 3.8) is 0 Å². The number of aliphatic carboxylic acids is 1. The lowest BCUT2D eigenvalue weighted by Crippen LogP contribution is -2.23. The van der Waals surface area contributed by atoms with Crippen molar-refractivity contribution >= 4 is 23.8 Å². The molecule has 0 saturated heterocycles. The molecule has 0 unspecified atom stereocenters. The van der Waals surface area contributed by atoms with Crippen LogP contribution >= 0.6 is 11.8 Å². The fraction of sp³-hybridized carbons (Fsp3) is 0.312. The van der Waals surface area contributed by atoms with E-state index in [1.54, 1.807) is 6.08 Å². The molecule has 0 amide bonds. The molecule has 116 valence electrons. The molecule has 0 aliphatic rings. The third-order valence-electron chi connectivity index (χ3n) is 3.15. The van der Waals surface area contributed by atoms with Crippen LogP contribution in [0.5, 0.6) is 0 Å². The molecule has 1 aromatic heterocycles. The lowest BCUT2D eigenvalue weighted by molar-refractivity contribution is -0.297. The summed E-state index contributed by atoms with van der Waals surface area (Å²) in [5.41, 5.74) is 2.02. The van der Waals surface area contributed by atoms with Crippen LogP contribution in [0.3, 0.4) is 0 Å². The average molecular weight is 316 g/mol. The number of aromatic amines is 1. The highest BCUT2D eigenvalue weighted by molar-refractivity contribution is 8.04. The Morgan fingerprint density at radius 2 is 2.05 bits per heavy atom.